The lowest BCUT2D eigenvalue weighted by atomic mass is 9.95. The molecule has 0 aliphatic carbocycles. The smallest absolute Gasteiger partial charge is 0.184 e. The lowest BCUT2D eigenvalue weighted by Gasteiger charge is -2.47. The molecule has 2 aromatic rings. The maximum absolute atomic E-state index is 12.4. The van der Waals surface area contributed by atoms with Crippen molar-refractivity contribution in [1.29, 1.82) is 0 Å². The van der Waals surface area contributed by atoms with Crippen LogP contribution in [0.2, 0.25) is 0 Å². The zero-order valence-electron chi connectivity index (χ0n) is 16.1. The Morgan fingerprint density at radius 2 is 1.79 bits per heavy atom. The Balaban J connectivity index is 1.44. The number of hydrogen-bond acceptors (Lipinski definition) is 7. The van der Waals surface area contributed by atoms with Crippen LogP contribution >= 0.6 is 0 Å². The number of benzene rings is 2. The first-order valence-corrected chi connectivity index (χ1v) is 9.67. The number of ether oxygens (including phenoxy) is 4. The molecule has 2 saturated heterocycles. The predicted molar refractivity (Wildman–Crippen MR) is 104 cm³/mol. The summed E-state index contributed by atoms with van der Waals surface area (Å²) in [6, 6.07) is 17.9. The number of aliphatic hydroxyl groups excluding tert-OH is 1. The molecule has 7 nitrogen and oxygen atoms in total. The van der Waals surface area contributed by atoms with Crippen molar-refractivity contribution < 1.29 is 28.8 Å². The Hall–Kier alpha value is -2.13. The number of carbonyl (C=O) groups excluding carboxylic acids is 1. The number of methoxy groups -OCH3 is 1. The predicted octanol–water partition coefficient (Wildman–Crippen LogP) is 1.67. The lowest BCUT2D eigenvalue weighted by Crippen LogP contribution is -2.66. The molecular formula is C22H25NO6. The maximum atomic E-state index is 12.4. The number of fused-ring (bicyclic) bond motifs is 1. The molecule has 2 aliphatic rings. The van der Waals surface area contributed by atoms with Gasteiger partial charge in [-0.3, -0.25) is 10.1 Å². The van der Waals surface area contributed by atoms with E-state index < -0.39 is 36.9 Å². The van der Waals surface area contributed by atoms with Crippen molar-refractivity contribution in [3.63, 3.8) is 0 Å². The maximum Gasteiger partial charge on any atom is 0.184 e. The Morgan fingerprint density at radius 3 is 2.48 bits per heavy atom. The molecule has 0 spiro atoms. The fraction of sp³-hybridized carbons (Fsp3) is 0.409. The third-order valence-electron chi connectivity index (χ3n) is 5.26. The van der Waals surface area contributed by atoms with Gasteiger partial charge in [-0.25, -0.2) is 0 Å². The van der Waals surface area contributed by atoms with Crippen molar-refractivity contribution in [2.45, 2.75) is 36.9 Å². The molecule has 0 bridgehead atoms. The average molecular weight is 399 g/mol. The molecule has 29 heavy (non-hydrogen) atoms. The molecule has 0 saturated carbocycles. The molecular weight excluding hydrogens is 374 g/mol. The third-order valence-corrected chi connectivity index (χ3v) is 5.26. The minimum Gasteiger partial charge on any atom is -0.388 e. The molecule has 2 aromatic carbocycles. The summed E-state index contributed by atoms with van der Waals surface area (Å²) in [4.78, 5) is 12.4. The molecule has 0 radical (unpaired) electrons. The van der Waals surface area contributed by atoms with E-state index in [2.05, 4.69) is 5.32 Å². The number of ketones is 1. The highest BCUT2D eigenvalue weighted by Crippen LogP contribution is 2.34. The highest BCUT2D eigenvalue weighted by atomic mass is 16.7. The van der Waals surface area contributed by atoms with Crippen LogP contribution in [0.15, 0.2) is 60.7 Å². The summed E-state index contributed by atoms with van der Waals surface area (Å²) < 4.78 is 23.1. The largest absolute Gasteiger partial charge is 0.388 e. The Kier molecular flexibility index (Phi) is 6.34. The van der Waals surface area contributed by atoms with Gasteiger partial charge in [-0.1, -0.05) is 60.7 Å². The van der Waals surface area contributed by atoms with E-state index in [1.165, 1.54) is 7.11 Å². The Labute approximate surface area is 169 Å². The zero-order valence-corrected chi connectivity index (χ0v) is 16.1. The van der Waals surface area contributed by atoms with Gasteiger partial charge in [-0.15, -0.1) is 0 Å². The van der Waals surface area contributed by atoms with E-state index in [1.807, 2.05) is 48.5 Å². The van der Waals surface area contributed by atoms with Crippen LogP contribution < -0.4 is 5.32 Å². The monoisotopic (exact) mass is 399 g/mol. The number of nitrogens with one attached hydrogen (secondary N) is 1. The molecule has 2 aliphatic heterocycles. The van der Waals surface area contributed by atoms with Crippen LogP contribution in [0.25, 0.3) is 0 Å². The highest BCUT2D eigenvalue weighted by molar-refractivity contribution is 5.97. The van der Waals surface area contributed by atoms with E-state index in [-0.39, 0.29) is 18.9 Å². The van der Waals surface area contributed by atoms with Gasteiger partial charge in [-0.2, -0.15) is 0 Å². The van der Waals surface area contributed by atoms with Crippen LogP contribution in [0.4, 0.5) is 0 Å². The van der Waals surface area contributed by atoms with Crippen LogP contribution in [0.5, 0.6) is 0 Å². The van der Waals surface area contributed by atoms with Gasteiger partial charge in [0.05, 0.1) is 19.2 Å². The second kappa shape index (κ2) is 9.13. The van der Waals surface area contributed by atoms with Crippen molar-refractivity contribution in [3.8, 4) is 0 Å². The summed E-state index contributed by atoms with van der Waals surface area (Å²) in [6.07, 6.45) is -3.31. The van der Waals surface area contributed by atoms with E-state index in [0.717, 1.165) is 5.56 Å². The number of hydrogen-bond donors (Lipinski definition) is 2. The Morgan fingerprint density at radius 1 is 1.10 bits per heavy atom. The second-order valence-electron chi connectivity index (χ2n) is 7.14. The van der Waals surface area contributed by atoms with Gasteiger partial charge in [0, 0.05) is 18.2 Å². The fourth-order valence-corrected chi connectivity index (χ4v) is 3.73. The molecule has 7 heteroatoms. The SMILES string of the molecule is CO[C@@H]1OC2COC(c3ccccc3)O[C@@H]2[C@H](O)C1NCC(=O)c1ccccc1. The molecule has 2 N–H and O–H groups in total. The quantitative estimate of drug-likeness (QED) is 0.715. The van der Waals surface area contributed by atoms with E-state index in [0.29, 0.717) is 5.56 Å². The topological polar surface area (TPSA) is 86.2 Å². The summed E-state index contributed by atoms with van der Waals surface area (Å²) in [5, 5.41) is 14.1. The second-order valence-corrected chi connectivity index (χ2v) is 7.14. The van der Waals surface area contributed by atoms with Crippen LogP contribution in [0, 0.1) is 0 Å². The standard InChI is InChI=1S/C22H25NO6/c1-26-22-18(23-12-16(24)14-8-4-2-5-9-14)19(25)20-17(28-22)13-27-21(29-20)15-10-6-3-7-11-15/h2-11,17-23,25H,12-13H2,1H3/t17?,18?,19-,20+,21?,22-/m1/s1. The number of rotatable bonds is 6. The molecule has 154 valence electrons. The van der Waals surface area contributed by atoms with Gasteiger partial charge in [0.15, 0.2) is 18.4 Å². The first-order chi connectivity index (χ1) is 14.2. The van der Waals surface area contributed by atoms with Crippen LogP contribution in [0.1, 0.15) is 22.2 Å². The minimum atomic E-state index is -0.933. The van der Waals surface area contributed by atoms with E-state index in [4.69, 9.17) is 18.9 Å². The molecule has 6 atom stereocenters. The fourth-order valence-electron chi connectivity index (χ4n) is 3.73. The van der Waals surface area contributed by atoms with Crippen molar-refractivity contribution in [1.82, 2.24) is 5.32 Å². The van der Waals surface area contributed by atoms with Gasteiger partial charge in [-0.05, 0) is 0 Å². The van der Waals surface area contributed by atoms with Crippen molar-refractivity contribution >= 4 is 5.78 Å². The van der Waals surface area contributed by atoms with Gasteiger partial charge in [0.25, 0.3) is 0 Å². The average Bonchev–Trinajstić information content (AvgIpc) is 2.79. The van der Waals surface area contributed by atoms with E-state index >= 15 is 0 Å². The van der Waals surface area contributed by atoms with Crippen molar-refractivity contribution in [2.75, 3.05) is 20.3 Å². The van der Waals surface area contributed by atoms with Gasteiger partial charge >= 0.3 is 0 Å². The zero-order chi connectivity index (χ0) is 20.2. The number of aliphatic hydroxyl groups is 1. The number of carbonyl (C=O) groups is 1. The molecule has 3 unspecified atom stereocenters. The first-order valence-electron chi connectivity index (χ1n) is 9.67. The van der Waals surface area contributed by atoms with Crippen LogP contribution in [0.3, 0.4) is 0 Å². The molecule has 2 heterocycles. The van der Waals surface area contributed by atoms with Crippen LogP contribution in [-0.2, 0) is 18.9 Å². The Bertz CT molecular complexity index is 801. The summed E-state index contributed by atoms with van der Waals surface area (Å²) in [7, 11) is 1.50. The summed E-state index contributed by atoms with van der Waals surface area (Å²) >= 11 is 0. The summed E-state index contributed by atoms with van der Waals surface area (Å²) in [5.74, 6) is -0.0789. The van der Waals surface area contributed by atoms with E-state index in [1.54, 1.807) is 12.1 Å². The molecule has 2 fully saturated rings. The molecule has 0 amide bonds. The number of Topliss-reactive ketones (excluding diaryl/α,β-unsaturated/α-hetero) is 1. The third kappa shape index (κ3) is 4.40. The van der Waals surface area contributed by atoms with Gasteiger partial charge < -0.3 is 24.1 Å². The molecule has 0 aromatic heterocycles. The van der Waals surface area contributed by atoms with Crippen LogP contribution in [-0.4, -0.2) is 61.8 Å². The van der Waals surface area contributed by atoms with E-state index in [9.17, 15) is 9.90 Å². The van der Waals surface area contributed by atoms with Crippen molar-refractivity contribution in [2.24, 2.45) is 0 Å². The van der Waals surface area contributed by atoms with Crippen molar-refractivity contribution in [3.05, 3.63) is 71.8 Å². The summed E-state index contributed by atoms with van der Waals surface area (Å²) in [5.41, 5.74) is 1.47. The van der Waals surface area contributed by atoms with Gasteiger partial charge in [0.2, 0.25) is 0 Å². The minimum absolute atomic E-state index is 0.0466. The summed E-state index contributed by atoms with van der Waals surface area (Å²) in [6.45, 7) is 0.321. The first kappa shape index (κ1) is 20.2. The highest BCUT2D eigenvalue weighted by Gasteiger charge is 2.49. The molecule has 4 rings (SSSR count). The van der Waals surface area contributed by atoms with Gasteiger partial charge in [0.1, 0.15) is 18.3 Å². The normalized spacial score (nSPS) is 31.8. The lowest BCUT2D eigenvalue weighted by molar-refractivity contribution is -0.341.